The molecule has 0 amide bonds. The van der Waals surface area contributed by atoms with Crippen molar-refractivity contribution in [2.75, 3.05) is 13.7 Å². The molecule has 4 heterocycles. The molecule has 34 heavy (non-hydrogen) atoms. The van der Waals surface area contributed by atoms with Gasteiger partial charge in [0.25, 0.3) is 0 Å². The summed E-state index contributed by atoms with van der Waals surface area (Å²) in [5.74, 6) is 6.34. The number of pyridine rings is 1. The van der Waals surface area contributed by atoms with Crippen LogP contribution in [0.4, 0.5) is 0 Å². The maximum atomic E-state index is 10.6. The highest BCUT2D eigenvalue weighted by molar-refractivity contribution is 6.29. The molecule has 1 N–H and O–H groups in total. The first-order valence-corrected chi connectivity index (χ1v) is 11.9. The van der Waals surface area contributed by atoms with Crippen LogP contribution in [0.2, 0.25) is 5.28 Å². The number of aryl methyl sites for hydroxylation is 2. The number of fused-ring (bicyclic) bond motifs is 2. The van der Waals surface area contributed by atoms with Gasteiger partial charge in [0.2, 0.25) is 5.28 Å². The van der Waals surface area contributed by atoms with Crippen molar-refractivity contribution in [2.24, 2.45) is 5.92 Å². The zero-order valence-corrected chi connectivity index (χ0v) is 20.3. The van der Waals surface area contributed by atoms with Gasteiger partial charge in [0.15, 0.2) is 0 Å². The van der Waals surface area contributed by atoms with Gasteiger partial charge in [0.05, 0.1) is 17.9 Å². The molecule has 1 atom stereocenters. The van der Waals surface area contributed by atoms with Crippen LogP contribution < -0.4 is 0 Å². The van der Waals surface area contributed by atoms with E-state index in [1.807, 2.05) is 30.1 Å². The SMILES string of the molecule is CCn1cc2nc(Cl)nc(-c3cn(CCCOC)c4cnc(C#CC(C)(O)C5CC5)cc34)c2n1. The zero-order chi connectivity index (χ0) is 23.9. The molecule has 4 aromatic heterocycles. The van der Waals surface area contributed by atoms with E-state index in [-0.39, 0.29) is 11.2 Å². The van der Waals surface area contributed by atoms with E-state index in [4.69, 9.17) is 16.3 Å². The molecule has 8 nitrogen and oxygen atoms in total. The summed E-state index contributed by atoms with van der Waals surface area (Å²) < 4.78 is 9.22. The highest BCUT2D eigenvalue weighted by Gasteiger charge is 2.38. The molecule has 0 radical (unpaired) electrons. The van der Waals surface area contributed by atoms with E-state index in [0.717, 1.165) is 48.8 Å². The minimum absolute atomic E-state index is 0.174. The Kier molecular flexibility index (Phi) is 6.02. The first kappa shape index (κ1) is 22.8. The van der Waals surface area contributed by atoms with Gasteiger partial charge in [-0.1, -0.05) is 5.92 Å². The molecule has 9 heteroatoms. The van der Waals surface area contributed by atoms with Crippen molar-refractivity contribution in [1.82, 2.24) is 29.3 Å². The second-order valence-electron chi connectivity index (χ2n) is 8.90. The van der Waals surface area contributed by atoms with E-state index >= 15 is 0 Å². The number of ether oxygens (including phenoxy) is 1. The minimum Gasteiger partial charge on any atom is -0.385 e. The van der Waals surface area contributed by atoms with Crippen LogP contribution >= 0.6 is 11.6 Å². The van der Waals surface area contributed by atoms with Gasteiger partial charge < -0.3 is 14.4 Å². The number of halogens is 1. The lowest BCUT2D eigenvalue weighted by molar-refractivity contribution is 0.0980. The number of rotatable bonds is 7. The molecule has 1 saturated carbocycles. The largest absolute Gasteiger partial charge is 0.385 e. The summed E-state index contributed by atoms with van der Waals surface area (Å²) >= 11 is 6.31. The van der Waals surface area contributed by atoms with Crippen molar-refractivity contribution in [3.05, 3.63) is 35.6 Å². The maximum Gasteiger partial charge on any atom is 0.223 e. The molecule has 1 fully saturated rings. The summed E-state index contributed by atoms with van der Waals surface area (Å²) in [7, 11) is 1.70. The number of methoxy groups -OCH3 is 1. The maximum absolute atomic E-state index is 10.6. The molecular weight excluding hydrogens is 452 g/mol. The fourth-order valence-electron chi connectivity index (χ4n) is 4.23. The molecule has 1 aliphatic rings. The molecule has 5 rings (SSSR count). The van der Waals surface area contributed by atoms with Crippen LogP contribution in [0.3, 0.4) is 0 Å². The van der Waals surface area contributed by atoms with Crippen molar-refractivity contribution < 1.29 is 9.84 Å². The summed E-state index contributed by atoms with van der Waals surface area (Å²) in [5, 5.41) is 16.4. The van der Waals surface area contributed by atoms with Crippen LogP contribution in [-0.4, -0.2) is 53.7 Å². The van der Waals surface area contributed by atoms with E-state index in [1.54, 1.807) is 14.0 Å². The van der Waals surface area contributed by atoms with Crippen molar-refractivity contribution in [1.29, 1.82) is 0 Å². The van der Waals surface area contributed by atoms with E-state index in [2.05, 4.69) is 42.7 Å². The zero-order valence-electron chi connectivity index (χ0n) is 19.5. The Bertz CT molecular complexity index is 1420. The fourth-order valence-corrected chi connectivity index (χ4v) is 4.40. The Labute approximate surface area is 202 Å². The lowest BCUT2D eigenvalue weighted by Gasteiger charge is -2.14. The molecule has 0 aliphatic heterocycles. The van der Waals surface area contributed by atoms with E-state index in [1.165, 1.54) is 0 Å². The summed E-state index contributed by atoms with van der Waals surface area (Å²) in [5.41, 5.74) is 3.53. The Morgan fingerprint density at radius 1 is 1.29 bits per heavy atom. The number of nitrogens with zero attached hydrogens (tertiary/aromatic N) is 6. The Morgan fingerprint density at radius 2 is 2.12 bits per heavy atom. The number of hydrogen-bond donors (Lipinski definition) is 1. The van der Waals surface area contributed by atoms with Crippen molar-refractivity contribution >= 4 is 33.5 Å². The van der Waals surface area contributed by atoms with Crippen LogP contribution in [0, 0.1) is 17.8 Å². The smallest absolute Gasteiger partial charge is 0.223 e. The van der Waals surface area contributed by atoms with Gasteiger partial charge in [0.1, 0.15) is 28.0 Å². The van der Waals surface area contributed by atoms with Crippen LogP contribution in [0.15, 0.2) is 24.7 Å². The van der Waals surface area contributed by atoms with Crippen LogP contribution in [0.1, 0.15) is 38.8 Å². The van der Waals surface area contributed by atoms with Gasteiger partial charge in [-0.2, -0.15) is 5.10 Å². The molecule has 1 unspecified atom stereocenters. The van der Waals surface area contributed by atoms with E-state index in [0.29, 0.717) is 29.0 Å². The Balaban J connectivity index is 1.66. The second kappa shape index (κ2) is 8.99. The van der Waals surface area contributed by atoms with E-state index in [9.17, 15) is 5.11 Å². The van der Waals surface area contributed by atoms with Gasteiger partial charge in [0, 0.05) is 44.0 Å². The number of aromatic nitrogens is 6. The minimum atomic E-state index is -0.995. The monoisotopic (exact) mass is 478 g/mol. The van der Waals surface area contributed by atoms with Crippen LogP contribution in [0.5, 0.6) is 0 Å². The van der Waals surface area contributed by atoms with Crippen molar-refractivity contribution in [3.8, 4) is 23.1 Å². The molecule has 4 aromatic rings. The first-order chi connectivity index (χ1) is 16.4. The predicted octanol–water partition coefficient (Wildman–Crippen LogP) is 4.07. The Morgan fingerprint density at radius 3 is 2.85 bits per heavy atom. The molecule has 0 spiro atoms. The quantitative estimate of drug-likeness (QED) is 0.244. The topological polar surface area (TPSA) is 90.9 Å². The normalized spacial score (nSPS) is 15.4. The van der Waals surface area contributed by atoms with Gasteiger partial charge in [-0.3, -0.25) is 4.68 Å². The molecule has 0 bridgehead atoms. The van der Waals surface area contributed by atoms with Gasteiger partial charge in [-0.05, 0) is 62.6 Å². The predicted molar refractivity (Wildman–Crippen MR) is 131 cm³/mol. The molecule has 0 saturated heterocycles. The van der Waals surface area contributed by atoms with Gasteiger partial charge >= 0.3 is 0 Å². The average molecular weight is 479 g/mol. The Hall–Kier alpha value is -2.99. The summed E-state index contributed by atoms with van der Waals surface area (Å²) in [6.07, 6.45) is 8.64. The molecule has 0 aromatic carbocycles. The molecular formula is C25H27ClN6O2. The van der Waals surface area contributed by atoms with E-state index < -0.39 is 5.60 Å². The third-order valence-corrected chi connectivity index (χ3v) is 6.46. The lowest BCUT2D eigenvalue weighted by Crippen LogP contribution is -2.24. The fraction of sp³-hybridized carbons (Fsp3) is 0.440. The number of aliphatic hydroxyl groups is 1. The van der Waals surface area contributed by atoms with Crippen LogP contribution in [0.25, 0.3) is 33.2 Å². The average Bonchev–Trinajstić information content (AvgIpc) is 3.52. The number of hydrogen-bond acceptors (Lipinski definition) is 6. The first-order valence-electron chi connectivity index (χ1n) is 11.5. The lowest BCUT2D eigenvalue weighted by atomic mass is 10.0. The van der Waals surface area contributed by atoms with Gasteiger partial charge in [-0.25, -0.2) is 15.0 Å². The highest BCUT2D eigenvalue weighted by atomic mass is 35.5. The summed E-state index contributed by atoms with van der Waals surface area (Å²) in [6, 6.07) is 1.95. The third kappa shape index (κ3) is 4.39. The summed E-state index contributed by atoms with van der Waals surface area (Å²) in [4.78, 5) is 13.5. The molecule has 1 aliphatic carbocycles. The second-order valence-corrected chi connectivity index (χ2v) is 9.24. The standard InChI is InChI=1S/C25H27ClN6O2/c1-4-32-15-20-23(30-32)22(29-24(26)28-20)19-14-31(10-5-11-34-3)21-13-27-17(12-18(19)21)8-9-25(2,33)16-6-7-16/h12-16,33H,4-7,10-11H2,1-3H3. The summed E-state index contributed by atoms with van der Waals surface area (Å²) in [6.45, 7) is 5.94. The van der Waals surface area contributed by atoms with Crippen molar-refractivity contribution in [2.45, 2.75) is 51.8 Å². The van der Waals surface area contributed by atoms with Gasteiger partial charge in [-0.15, -0.1) is 0 Å². The van der Waals surface area contributed by atoms with Crippen molar-refractivity contribution in [3.63, 3.8) is 0 Å². The highest BCUT2D eigenvalue weighted by Crippen LogP contribution is 2.39. The van der Waals surface area contributed by atoms with Crippen LogP contribution in [-0.2, 0) is 17.8 Å². The molecule has 176 valence electrons. The third-order valence-electron chi connectivity index (χ3n) is 6.29.